The van der Waals surface area contributed by atoms with Crippen LogP contribution in [0.4, 0.5) is 11.8 Å². The predicted molar refractivity (Wildman–Crippen MR) is 123 cm³/mol. The molecule has 3 saturated heterocycles. The Morgan fingerprint density at radius 1 is 1.18 bits per heavy atom. The molecule has 3 fully saturated rings. The van der Waals surface area contributed by atoms with E-state index in [0.29, 0.717) is 30.4 Å². The topological polar surface area (TPSA) is 179 Å². The summed E-state index contributed by atoms with van der Waals surface area (Å²) in [5.74, 6) is 2.22. The van der Waals surface area contributed by atoms with Crippen LogP contribution in [0.5, 0.6) is 0 Å². The molecule has 0 saturated carbocycles. The van der Waals surface area contributed by atoms with Crippen LogP contribution in [0.3, 0.4) is 0 Å². The van der Waals surface area contributed by atoms with Crippen LogP contribution in [0.1, 0.15) is 31.4 Å². The van der Waals surface area contributed by atoms with E-state index in [-0.39, 0.29) is 19.0 Å². The van der Waals surface area contributed by atoms with Gasteiger partial charge in [0, 0.05) is 43.5 Å². The average molecular weight is 487 g/mol. The Hall–Kier alpha value is -2.51. The maximum atomic E-state index is 11.7. The number of anilines is 2. The monoisotopic (exact) mass is 486 g/mol. The molecule has 4 rings (SSSR count). The molecule has 186 valence electrons. The van der Waals surface area contributed by atoms with Crippen LogP contribution in [-0.2, 0) is 19.6 Å². The summed E-state index contributed by atoms with van der Waals surface area (Å²) in [4.78, 5) is 30.3. The van der Waals surface area contributed by atoms with Gasteiger partial charge in [0.15, 0.2) is 0 Å². The summed E-state index contributed by atoms with van der Waals surface area (Å²) < 4.78 is 26.2. The molecule has 2 bridgehead atoms. The fraction of sp³-hybridized carbons (Fsp3) is 0.700. The van der Waals surface area contributed by atoms with Gasteiger partial charge in [0.1, 0.15) is 5.82 Å². The summed E-state index contributed by atoms with van der Waals surface area (Å²) in [5.41, 5.74) is 6.75. The fourth-order valence-corrected chi connectivity index (χ4v) is 5.82. The molecule has 3 aliphatic heterocycles. The molecule has 4 heterocycles. The van der Waals surface area contributed by atoms with Crippen LogP contribution in [-0.4, -0.2) is 91.0 Å². The van der Waals surface area contributed by atoms with Gasteiger partial charge < -0.3 is 20.8 Å². The van der Waals surface area contributed by atoms with Crippen LogP contribution < -0.4 is 15.4 Å². The molecule has 13 heteroatoms. The van der Waals surface area contributed by atoms with Crippen molar-refractivity contribution < 1.29 is 28.2 Å². The minimum absolute atomic E-state index is 0.240. The van der Waals surface area contributed by atoms with Gasteiger partial charge in [0.05, 0.1) is 6.26 Å². The molecule has 12 nitrogen and oxygen atoms in total. The SMILES string of the molecule is Cc1cc(N2C[C@H]3C[C@@H](C2)[C@H](CNS(C)(=O)=O)N2CCCC[C@@H]32)nc(N)n1.O=CO.O=CO. The highest BCUT2D eigenvalue weighted by Gasteiger charge is 2.47. The lowest BCUT2D eigenvalue weighted by Gasteiger charge is -2.57. The van der Waals surface area contributed by atoms with E-state index in [2.05, 4.69) is 24.5 Å². The second kappa shape index (κ2) is 12.1. The minimum Gasteiger partial charge on any atom is -0.483 e. The van der Waals surface area contributed by atoms with E-state index in [9.17, 15) is 8.42 Å². The number of hydrogen-bond donors (Lipinski definition) is 4. The molecule has 33 heavy (non-hydrogen) atoms. The second-order valence-corrected chi connectivity index (χ2v) is 10.4. The standard InChI is InChI=1S/C18H30N6O2S.2CH2O2/c1-12-7-17(22-18(19)21-12)23-10-13-8-14(11-23)16(9-20-27(2,25)26)24-6-4-3-5-15(13)24;2*2-1-3/h7,13-16,20H,3-6,8-11H2,1-2H3,(H2,19,21,22);2*1H,(H,2,3)/t13-,14+,15+,16+;;/m1../s1. The number of piperidine rings is 3. The minimum atomic E-state index is -3.19. The third-order valence-electron chi connectivity index (χ3n) is 6.36. The molecule has 0 aromatic carbocycles. The number of carboxylic acid groups (broad SMARTS) is 2. The number of nitrogens with zero attached hydrogens (tertiary/aromatic N) is 4. The molecular formula is C20H34N6O6S. The molecule has 1 aromatic rings. The van der Waals surface area contributed by atoms with Crippen molar-refractivity contribution >= 4 is 34.7 Å². The third-order valence-corrected chi connectivity index (χ3v) is 7.05. The quantitative estimate of drug-likeness (QED) is 0.421. The Kier molecular flexibility index (Phi) is 9.80. The highest BCUT2D eigenvalue weighted by molar-refractivity contribution is 7.88. The first-order valence-corrected chi connectivity index (χ1v) is 12.7. The van der Waals surface area contributed by atoms with Gasteiger partial charge in [-0.15, -0.1) is 0 Å². The van der Waals surface area contributed by atoms with E-state index < -0.39 is 10.0 Å². The zero-order valence-electron chi connectivity index (χ0n) is 19.0. The first kappa shape index (κ1) is 26.7. The fourth-order valence-electron chi connectivity index (χ4n) is 5.35. The van der Waals surface area contributed by atoms with Crippen LogP contribution in [0.2, 0.25) is 0 Å². The Balaban J connectivity index is 0.000000582. The van der Waals surface area contributed by atoms with E-state index in [1.807, 2.05) is 13.0 Å². The summed E-state index contributed by atoms with van der Waals surface area (Å²) in [6.07, 6.45) is 6.07. The van der Waals surface area contributed by atoms with E-state index in [4.69, 9.17) is 25.5 Å². The predicted octanol–water partition coefficient (Wildman–Crippen LogP) is -0.00278. The summed E-state index contributed by atoms with van der Waals surface area (Å²) in [7, 11) is -3.19. The van der Waals surface area contributed by atoms with Crippen molar-refractivity contribution in [2.24, 2.45) is 11.8 Å². The lowest BCUT2D eigenvalue weighted by molar-refractivity contribution is -0.123. The molecule has 1 aromatic heterocycles. The van der Waals surface area contributed by atoms with Gasteiger partial charge >= 0.3 is 0 Å². The molecule has 0 spiro atoms. The number of sulfonamides is 1. The molecular weight excluding hydrogens is 452 g/mol. The maximum Gasteiger partial charge on any atom is 0.290 e. The number of aromatic nitrogens is 2. The van der Waals surface area contributed by atoms with Gasteiger partial charge in [-0.25, -0.2) is 18.1 Å². The van der Waals surface area contributed by atoms with E-state index in [1.54, 1.807) is 0 Å². The zero-order valence-corrected chi connectivity index (χ0v) is 19.8. The van der Waals surface area contributed by atoms with Crippen molar-refractivity contribution in [1.29, 1.82) is 0 Å². The number of nitrogens with two attached hydrogens (primary N) is 1. The lowest BCUT2D eigenvalue weighted by Crippen LogP contribution is -2.65. The number of nitrogens with one attached hydrogen (secondary N) is 1. The summed E-state index contributed by atoms with van der Waals surface area (Å²) in [5, 5.41) is 13.8. The molecule has 0 radical (unpaired) electrons. The zero-order chi connectivity index (χ0) is 24.6. The Labute approximate surface area is 194 Å². The number of carbonyl (C=O) groups is 2. The highest BCUT2D eigenvalue weighted by Crippen LogP contribution is 2.41. The van der Waals surface area contributed by atoms with Crippen LogP contribution in [0.15, 0.2) is 6.07 Å². The van der Waals surface area contributed by atoms with Crippen LogP contribution in [0, 0.1) is 18.8 Å². The van der Waals surface area contributed by atoms with E-state index >= 15 is 0 Å². The first-order valence-electron chi connectivity index (χ1n) is 10.9. The Morgan fingerprint density at radius 2 is 1.82 bits per heavy atom. The van der Waals surface area contributed by atoms with Gasteiger partial charge in [0.25, 0.3) is 12.9 Å². The Morgan fingerprint density at radius 3 is 2.42 bits per heavy atom. The molecule has 4 atom stereocenters. The number of hydrogen-bond acceptors (Lipinski definition) is 9. The van der Waals surface area contributed by atoms with Crippen molar-refractivity contribution in [3.63, 3.8) is 0 Å². The first-order chi connectivity index (χ1) is 15.6. The molecule has 3 aliphatic rings. The smallest absolute Gasteiger partial charge is 0.290 e. The average Bonchev–Trinajstić information content (AvgIpc) is 2.73. The van der Waals surface area contributed by atoms with E-state index in [1.165, 1.54) is 25.5 Å². The van der Waals surface area contributed by atoms with Gasteiger partial charge in [-0.05, 0) is 44.6 Å². The summed E-state index contributed by atoms with van der Waals surface area (Å²) >= 11 is 0. The second-order valence-electron chi connectivity index (χ2n) is 8.59. The van der Waals surface area contributed by atoms with Gasteiger partial charge in [0.2, 0.25) is 16.0 Å². The summed E-state index contributed by atoms with van der Waals surface area (Å²) in [6, 6.07) is 2.77. The van der Waals surface area contributed by atoms with Crippen molar-refractivity contribution in [1.82, 2.24) is 19.6 Å². The number of aryl methyl sites for hydroxylation is 1. The highest BCUT2D eigenvalue weighted by atomic mass is 32.2. The van der Waals surface area contributed by atoms with Gasteiger partial charge in [-0.3, -0.25) is 14.5 Å². The van der Waals surface area contributed by atoms with Crippen molar-refractivity contribution in [3.05, 3.63) is 11.8 Å². The van der Waals surface area contributed by atoms with E-state index in [0.717, 1.165) is 37.6 Å². The van der Waals surface area contributed by atoms with Gasteiger partial charge in [-0.2, -0.15) is 4.98 Å². The maximum absolute atomic E-state index is 11.7. The molecule has 0 aliphatic carbocycles. The summed E-state index contributed by atoms with van der Waals surface area (Å²) in [6.45, 7) is 4.87. The number of fused-ring (bicyclic) bond motifs is 4. The number of rotatable bonds is 4. The van der Waals surface area contributed by atoms with Crippen LogP contribution >= 0.6 is 0 Å². The Bertz CT molecular complexity index is 875. The molecule has 5 N–H and O–H groups in total. The third kappa shape index (κ3) is 7.51. The normalized spacial score (nSPS) is 26.5. The van der Waals surface area contributed by atoms with Crippen molar-refractivity contribution in [2.75, 3.05) is 43.1 Å². The number of nitrogen functional groups attached to an aromatic ring is 1. The molecule has 0 unspecified atom stereocenters. The van der Waals surface area contributed by atoms with Crippen molar-refractivity contribution in [3.8, 4) is 0 Å². The van der Waals surface area contributed by atoms with Crippen molar-refractivity contribution in [2.45, 2.75) is 44.7 Å². The molecule has 0 amide bonds. The van der Waals surface area contributed by atoms with Crippen LogP contribution in [0.25, 0.3) is 0 Å². The lowest BCUT2D eigenvalue weighted by atomic mass is 9.72. The largest absolute Gasteiger partial charge is 0.483 e. The van der Waals surface area contributed by atoms with Gasteiger partial charge in [-0.1, -0.05) is 6.42 Å².